The minimum atomic E-state index is -4.37. The first-order chi connectivity index (χ1) is 14.7. The molecule has 0 spiro atoms. The maximum absolute atomic E-state index is 13.6. The molecule has 0 unspecified atom stereocenters. The number of aryl methyl sites for hydroxylation is 2. The number of nitro groups is 1. The topological polar surface area (TPSA) is 97.6 Å². The minimum Gasteiger partial charge on any atom is -0.268 e. The van der Waals surface area contributed by atoms with E-state index >= 15 is 0 Å². The molecule has 1 heterocycles. The number of hydrogen-bond acceptors (Lipinski definition) is 5. The number of nitrogens with zero attached hydrogens (tertiary/aromatic N) is 2. The Morgan fingerprint density at radius 2 is 1.42 bits per heavy atom. The summed E-state index contributed by atoms with van der Waals surface area (Å²) >= 11 is 0. The van der Waals surface area contributed by atoms with Crippen molar-refractivity contribution in [1.29, 1.82) is 0 Å². The number of carbonyl (C=O) groups excluding carboxylic acids is 1. The fourth-order valence-electron chi connectivity index (χ4n) is 3.89. The van der Waals surface area contributed by atoms with Crippen molar-refractivity contribution < 1.29 is 18.1 Å². The highest BCUT2D eigenvalue weighted by Crippen LogP contribution is 2.45. The van der Waals surface area contributed by atoms with Crippen LogP contribution in [0.1, 0.15) is 44.7 Å². The van der Waals surface area contributed by atoms with Gasteiger partial charge in [-0.2, -0.15) is 0 Å². The maximum atomic E-state index is 13.6. The van der Waals surface area contributed by atoms with Crippen LogP contribution < -0.4 is 0 Å². The van der Waals surface area contributed by atoms with Crippen molar-refractivity contribution in [2.24, 2.45) is 0 Å². The molecule has 0 saturated carbocycles. The summed E-state index contributed by atoms with van der Waals surface area (Å²) in [7, 11) is -4.37. The van der Waals surface area contributed by atoms with Gasteiger partial charge in [0.05, 0.1) is 10.5 Å². The molecule has 1 aliphatic heterocycles. The second-order valence-electron chi connectivity index (χ2n) is 7.59. The number of hydrogen-bond donors (Lipinski definition) is 0. The van der Waals surface area contributed by atoms with Gasteiger partial charge in [0.1, 0.15) is 6.04 Å². The van der Waals surface area contributed by atoms with Gasteiger partial charge in [0.15, 0.2) is 0 Å². The molecule has 158 valence electrons. The third kappa shape index (κ3) is 3.48. The summed E-state index contributed by atoms with van der Waals surface area (Å²) < 4.78 is 27.9. The molecule has 0 aromatic heterocycles. The van der Waals surface area contributed by atoms with Crippen LogP contribution in [0, 0.1) is 24.0 Å². The molecule has 1 aliphatic rings. The molecule has 0 radical (unpaired) electrons. The lowest BCUT2D eigenvalue weighted by Gasteiger charge is -2.37. The predicted molar refractivity (Wildman–Crippen MR) is 115 cm³/mol. The molecule has 0 fully saturated rings. The molecule has 0 N–H and O–H groups in total. The van der Waals surface area contributed by atoms with Gasteiger partial charge in [0.25, 0.3) is 22.0 Å². The van der Waals surface area contributed by atoms with Crippen LogP contribution in [0.2, 0.25) is 0 Å². The molecule has 8 heteroatoms. The summed E-state index contributed by atoms with van der Waals surface area (Å²) in [4.78, 5) is 25.0. The molecule has 4 rings (SSSR count). The smallest absolute Gasteiger partial charge is 0.268 e. The second kappa shape index (κ2) is 7.63. The molecule has 0 saturated heterocycles. The minimum absolute atomic E-state index is 0.0169. The van der Waals surface area contributed by atoms with E-state index in [0.29, 0.717) is 9.87 Å². The van der Waals surface area contributed by atoms with Crippen molar-refractivity contribution in [1.82, 2.24) is 4.31 Å². The molecule has 3 aromatic carbocycles. The van der Waals surface area contributed by atoms with Crippen LogP contribution in [-0.2, 0) is 10.0 Å². The van der Waals surface area contributed by atoms with Gasteiger partial charge in [-0.3, -0.25) is 14.9 Å². The first-order valence-corrected chi connectivity index (χ1v) is 11.1. The van der Waals surface area contributed by atoms with Crippen molar-refractivity contribution in [3.05, 3.63) is 111 Å². The highest BCUT2D eigenvalue weighted by Gasteiger charge is 2.52. The van der Waals surface area contributed by atoms with Crippen LogP contribution in [0.15, 0.2) is 77.7 Å². The van der Waals surface area contributed by atoms with Crippen LogP contribution in [0.4, 0.5) is 0 Å². The third-order valence-electron chi connectivity index (χ3n) is 5.49. The number of amides is 1. The molecular formula is C23H20N2O5S. The van der Waals surface area contributed by atoms with Crippen molar-refractivity contribution in [2.75, 3.05) is 0 Å². The van der Waals surface area contributed by atoms with Gasteiger partial charge in [0.2, 0.25) is 0 Å². The third-order valence-corrected chi connectivity index (χ3v) is 7.26. The Hall–Kier alpha value is -3.52. The fraction of sp³-hybridized carbons (Fsp3) is 0.174. The van der Waals surface area contributed by atoms with Crippen molar-refractivity contribution >= 4 is 15.9 Å². The number of benzene rings is 3. The zero-order valence-corrected chi connectivity index (χ0v) is 17.7. The normalized spacial score (nSPS) is 18.5. The zero-order valence-electron chi connectivity index (χ0n) is 16.9. The van der Waals surface area contributed by atoms with E-state index in [0.717, 1.165) is 11.1 Å². The van der Waals surface area contributed by atoms with E-state index in [1.807, 2.05) is 13.8 Å². The van der Waals surface area contributed by atoms with Gasteiger partial charge in [-0.1, -0.05) is 65.7 Å². The summed E-state index contributed by atoms with van der Waals surface area (Å²) in [5.41, 5.74) is 2.37. The Morgan fingerprint density at radius 1 is 0.871 bits per heavy atom. The first kappa shape index (κ1) is 20.7. The van der Waals surface area contributed by atoms with E-state index in [4.69, 9.17) is 0 Å². The highest BCUT2D eigenvalue weighted by atomic mass is 32.2. The zero-order chi connectivity index (χ0) is 22.3. The lowest BCUT2D eigenvalue weighted by Crippen LogP contribution is -2.47. The highest BCUT2D eigenvalue weighted by molar-refractivity contribution is 7.89. The van der Waals surface area contributed by atoms with Gasteiger partial charge >= 0.3 is 0 Å². The summed E-state index contributed by atoms with van der Waals surface area (Å²) in [5.74, 6) is -0.778. The lowest BCUT2D eigenvalue weighted by molar-refractivity contribution is -0.537. The average Bonchev–Trinajstić information content (AvgIpc) is 2.74. The summed E-state index contributed by atoms with van der Waals surface area (Å²) in [5, 5.41) is 12.2. The fourth-order valence-corrected chi connectivity index (χ4v) is 5.45. The standard InChI is InChI=1S/C23H20N2O5S/c1-15-7-11-17(12-8-15)21-22(25(27)28)19-5-3-4-6-20(19)23(26)24(21)31(29,30)18-13-9-16(2)10-14-18/h3-14,21-22H,1-2H3/t21-,22+/m1/s1. The largest absolute Gasteiger partial charge is 0.269 e. The van der Waals surface area contributed by atoms with Crippen molar-refractivity contribution in [2.45, 2.75) is 30.8 Å². The van der Waals surface area contributed by atoms with E-state index in [1.165, 1.54) is 24.3 Å². The van der Waals surface area contributed by atoms with Crippen molar-refractivity contribution in [3.63, 3.8) is 0 Å². The van der Waals surface area contributed by atoms with Gasteiger partial charge in [-0.25, -0.2) is 12.7 Å². The number of sulfonamides is 1. The first-order valence-electron chi connectivity index (χ1n) is 9.66. The van der Waals surface area contributed by atoms with Crippen LogP contribution >= 0.6 is 0 Å². The lowest BCUT2D eigenvalue weighted by atomic mass is 9.86. The van der Waals surface area contributed by atoms with Crippen LogP contribution in [0.3, 0.4) is 0 Å². The van der Waals surface area contributed by atoms with Crippen LogP contribution in [0.25, 0.3) is 0 Å². The van der Waals surface area contributed by atoms with Gasteiger partial charge in [0, 0.05) is 10.5 Å². The Labute approximate surface area is 180 Å². The number of carbonyl (C=O) groups is 1. The van der Waals surface area contributed by atoms with Crippen LogP contribution in [-0.4, -0.2) is 23.6 Å². The Bertz CT molecular complexity index is 1270. The van der Waals surface area contributed by atoms with E-state index in [2.05, 4.69) is 0 Å². The maximum Gasteiger partial charge on any atom is 0.269 e. The van der Waals surface area contributed by atoms with E-state index in [1.54, 1.807) is 48.5 Å². The quantitative estimate of drug-likeness (QED) is 0.451. The number of fused-ring (bicyclic) bond motifs is 1. The van der Waals surface area contributed by atoms with Crippen molar-refractivity contribution in [3.8, 4) is 0 Å². The van der Waals surface area contributed by atoms with Crippen LogP contribution in [0.5, 0.6) is 0 Å². The summed E-state index contributed by atoms with van der Waals surface area (Å²) in [6, 6.07) is 16.2. The number of rotatable bonds is 4. The Balaban J connectivity index is 2.00. The SMILES string of the molecule is Cc1ccc([C@@H]2[C@@H]([N+](=O)[O-])c3ccccc3C(=O)N2S(=O)(=O)c2ccc(C)cc2)cc1. The van der Waals surface area contributed by atoms with Gasteiger partial charge in [-0.15, -0.1) is 0 Å². The summed E-state index contributed by atoms with van der Waals surface area (Å²) in [6.45, 7) is 3.67. The molecule has 3 aromatic rings. The van der Waals surface area contributed by atoms with E-state index < -0.39 is 32.9 Å². The second-order valence-corrected chi connectivity index (χ2v) is 9.41. The van der Waals surface area contributed by atoms with Gasteiger partial charge in [-0.05, 0) is 37.6 Å². The Morgan fingerprint density at radius 3 is 2.00 bits per heavy atom. The molecule has 31 heavy (non-hydrogen) atoms. The summed E-state index contributed by atoms with van der Waals surface area (Å²) in [6.07, 6.45) is 0. The van der Waals surface area contributed by atoms with E-state index in [-0.39, 0.29) is 16.0 Å². The molecule has 1 amide bonds. The Kier molecular flexibility index (Phi) is 5.10. The molecule has 0 aliphatic carbocycles. The monoisotopic (exact) mass is 436 g/mol. The molecule has 0 bridgehead atoms. The molecule has 2 atom stereocenters. The predicted octanol–water partition coefficient (Wildman–Crippen LogP) is 4.21. The van der Waals surface area contributed by atoms with Gasteiger partial charge < -0.3 is 0 Å². The van der Waals surface area contributed by atoms with E-state index in [9.17, 15) is 23.3 Å². The molecular weight excluding hydrogens is 416 g/mol. The molecule has 7 nitrogen and oxygen atoms in total. The average molecular weight is 436 g/mol.